The largest absolute Gasteiger partial charge is 0.477 e. The van der Waals surface area contributed by atoms with Gasteiger partial charge in [-0.15, -0.1) is 0 Å². The number of aromatic nitrogens is 1. The second-order valence-corrected chi connectivity index (χ2v) is 4.10. The Morgan fingerprint density at radius 2 is 2.13 bits per heavy atom. The number of carboxylic acid groups (broad SMARTS) is 1. The normalized spacial score (nSPS) is 10.5. The van der Waals surface area contributed by atoms with E-state index in [-0.39, 0.29) is 5.69 Å². The zero-order valence-corrected chi connectivity index (χ0v) is 9.71. The number of fused-ring (bicyclic) bond motifs is 1. The molecule has 2 aromatic rings. The third-order valence-electron chi connectivity index (χ3n) is 1.99. The maximum atomic E-state index is 10.8. The second-order valence-electron chi connectivity index (χ2n) is 2.94. The average Bonchev–Trinajstić information content (AvgIpc) is 2.19. The van der Waals surface area contributed by atoms with Gasteiger partial charge in [0, 0.05) is 15.8 Å². The molecule has 0 aliphatic rings. The van der Waals surface area contributed by atoms with Gasteiger partial charge in [-0.2, -0.15) is 0 Å². The molecule has 0 aliphatic heterocycles. The van der Waals surface area contributed by atoms with Gasteiger partial charge < -0.3 is 5.11 Å². The Kier molecular flexibility index (Phi) is 2.63. The van der Waals surface area contributed by atoms with Crippen molar-refractivity contribution in [3.63, 3.8) is 0 Å². The van der Waals surface area contributed by atoms with Crippen molar-refractivity contribution in [2.75, 3.05) is 0 Å². The molecule has 0 aliphatic carbocycles. The van der Waals surface area contributed by atoms with Crippen LogP contribution in [0.3, 0.4) is 0 Å². The smallest absolute Gasteiger partial charge is 0.354 e. The quantitative estimate of drug-likeness (QED) is 0.818. The Morgan fingerprint density at radius 1 is 1.40 bits per heavy atom. The van der Waals surface area contributed by atoms with Gasteiger partial charge in [-0.05, 0) is 28.1 Å². The fraction of sp³-hybridized carbons (Fsp3) is 0. The van der Waals surface area contributed by atoms with Crippen LogP contribution in [0.4, 0.5) is 0 Å². The molecule has 3 nitrogen and oxygen atoms in total. The molecular weight excluding hydrogens is 281 g/mol. The van der Waals surface area contributed by atoms with Gasteiger partial charge in [-0.25, -0.2) is 9.78 Å². The minimum atomic E-state index is -1.07. The van der Waals surface area contributed by atoms with Gasteiger partial charge in [0.1, 0.15) is 10.3 Å². The molecule has 2 rings (SSSR count). The first kappa shape index (κ1) is 10.4. The van der Waals surface area contributed by atoms with Gasteiger partial charge >= 0.3 is 5.97 Å². The number of hydrogen-bond donors (Lipinski definition) is 1. The van der Waals surface area contributed by atoms with Gasteiger partial charge in [-0.3, -0.25) is 0 Å². The van der Waals surface area contributed by atoms with Crippen LogP contribution in [0.1, 0.15) is 10.5 Å². The summed E-state index contributed by atoms with van der Waals surface area (Å²) in [6, 6.07) is 6.79. The van der Waals surface area contributed by atoms with Crippen LogP contribution in [0.2, 0.25) is 5.02 Å². The molecule has 0 fully saturated rings. The minimum absolute atomic E-state index is 0.0255. The Morgan fingerprint density at radius 3 is 2.80 bits per heavy atom. The van der Waals surface area contributed by atoms with Crippen molar-refractivity contribution < 1.29 is 9.90 Å². The van der Waals surface area contributed by atoms with Crippen molar-refractivity contribution in [3.8, 4) is 0 Å². The molecule has 1 N–H and O–H groups in total. The maximum Gasteiger partial charge on any atom is 0.354 e. The molecule has 0 saturated carbocycles. The Bertz CT molecular complexity index is 556. The van der Waals surface area contributed by atoms with Crippen molar-refractivity contribution in [3.05, 3.63) is 39.6 Å². The van der Waals surface area contributed by atoms with Crippen LogP contribution >= 0.6 is 27.5 Å². The number of pyridine rings is 1. The van der Waals surface area contributed by atoms with Gasteiger partial charge in [0.05, 0.1) is 0 Å². The summed E-state index contributed by atoms with van der Waals surface area (Å²) in [6.07, 6.45) is 0. The summed E-state index contributed by atoms with van der Waals surface area (Å²) >= 11 is 9.18. The van der Waals surface area contributed by atoms with Gasteiger partial charge in [-0.1, -0.05) is 23.7 Å². The molecule has 5 heteroatoms. The molecule has 1 heterocycles. The van der Waals surface area contributed by atoms with Crippen molar-refractivity contribution in [1.29, 1.82) is 0 Å². The van der Waals surface area contributed by atoms with Crippen LogP contribution < -0.4 is 0 Å². The Hall–Kier alpha value is -1.13. The predicted octanol–water partition coefficient (Wildman–Crippen LogP) is 3.35. The first-order chi connectivity index (χ1) is 7.09. The van der Waals surface area contributed by atoms with Gasteiger partial charge in [0.15, 0.2) is 0 Å². The summed E-state index contributed by atoms with van der Waals surface area (Å²) in [6.45, 7) is 0. The number of nitrogens with zero attached hydrogens (tertiary/aromatic N) is 1. The number of aromatic carboxylic acids is 1. The Balaban J connectivity index is 2.85. The zero-order valence-electron chi connectivity index (χ0n) is 7.37. The lowest BCUT2D eigenvalue weighted by Crippen LogP contribution is -2.00. The average molecular weight is 287 g/mol. The highest BCUT2D eigenvalue weighted by molar-refractivity contribution is 9.10. The molecule has 1 aromatic carbocycles. The molecule has 0 unspecified atom stereocenters. The van der Waals surface area contributed by atoms with Crippen molar-refractivity contribution in [2.45, 2.75) is 0 Å². The lowest BCUT2D eigenvalue weighted by molar-refractivity contribution is 0.0690. The van der Waals surface area contributed by atoms with Crippen LogP contribution in [0.15, 0.2) is 28.9 Å². The van der Waals surface area contributed by atoms with E-state index in [1.807, 2.05) is 6.07 Å². The molecule has 1 aromatic heterocycles. The molecule has 0 atom stereocenters. The van der Waals surface area contributed by atoms with Crippen molar-refractivity contribution in [2.24, 2.45) is 0 Å². The number of hydrogen-bond acceptors (Lipinski definition) is 2. The summed E-state index contributed by atoms with van der Waals surface area (Å²) in [7, 11) is 0. The highest BCUT2D eigenvalue weighted by Crippen LogP contribution is 2.28. The predicted molar refractivity (Wildman–Crippen MR) is 61.4 cm³/mol. The standard InChI is InChI=1S/C10H5BrClNO2/c11-9-5-2-1-3-7(12)6(5)4-8(13-9)10(14)15/h1-4H,(H,14,15). The van der Waals surface area contributed by atoms with Crippen LogP contribution in [-0.2, 0) is 0 Å². The zero-order chi connectivity index (χ0) is 11.0. The highest BCUT2D eigenvalue weighted by Gasteiger charge is 2.10. The number of carboxylic acids is 1. The number of benzene rings is 1. The van der Waals surface area contributed by atoms with E-state index < -0.39 is 5.97 Å². The van der Waals surface area contributed by atoms with Crippen LogP contribution in [0.5, 0.6) is 0 Å². The summed E-state index contributed by atoms with van der Waals surface area (Å²) in [5.41, 5.74) is -0.0255. The van der Waals surface area contributed by atoms with Crippen LogP contribution in [0, 0.1) is 0 Å². The third-order valence-corrected chi connectivity index (χ3v) is 2.93. The SMILES string of the molecule is O=C(O)c1cc2c(Cl)cccc2c(Br)n1. The fourth-order valence-corrected chi connectivity index (χ4v) is 2.07. The van der Waals surface area contributed by atoms with E-state index in [1.54, 1.807) is 12.1 Å². The number of halogens is 2. The first-order valence-electron chi connectivity index (χ1n) is 4.07. The summed E-state index contributed by atoms with van der Waals surface area (Å²) in [5.74, 6) is -1.07. The summed E-state index contributed by atoms with van der Waals surface area (Å²) in [5, 5.41) is 10.8. The molecule has 0 bridgehead atoms. The number of rotatable bonds is 1. The van der Waals surface area contributed by atoms with E-state index in [4.69, 9.17) is 16.7 Å². The molecule has 0 saturated heterocycles. The van der Waals surface area contributed by atoms with Crippen molar-refractivity contribution >= 4 is 44.3 Å². The van der Waals surface area contributed by atoms with Gasteiger partial charge in [0.25, 0.3) is 0 Å². The molecule has 0 radical (unpaired) electrons. The van der Waals surface area contributed by atoms with E-state index in [0.717, 1.165) is 5.39 Å². The van der Waals surface area contributed by atoms with E-state index >= 15 is 0 Å². The topological polar surface area (TPSA) is 50.2 Å². The van der Waals surface area contributed by atoms with Gasteiger partial charge in [0.2, 0.25) is 0 Å². The monoisotopic (exact) mass is 285 g/mol. The van der Waals surface area contributed by atoms with E-state index in [0.29, 0.717) is 15.0 Å². The first-order valence-corrected chi connectivity index (χ1v) is 5.25. The Labute approximate surface area is 98.8 Å². The summed E-state index contributed by atoms with van der Waals surface area (Å²) < 4.78 is 0.486. The lowest BCUT2D eigenvalue weighted by Gasteiger charge is -2.03. The molecule has 0 spiro atoms. The third kappa shape index (κ3) is 1.82. The highest BCUT2D eigenvalue weighted by atomic mass is 79.9. The van der Waals surface area contributed by atoms with Crippen LogP contribution in [-0.4, -0.2) is 16.1 Å². The number of carbonyl (C=O) groups is 1. The molecule has 0 amide bonds. The summed E-state index contributed by atoms with van der Waals surface area (Å²) in [4.78, 5) is 14.7. The second kappa shape index (κ2) is 3.79. The van der Waals surface area contributed by atoms with E-state index in [2.05, 4.69) is 20.9 Å². The maximum absolute atomic E-state index is 10.8. The van der Waals surface area contributed by atoms with E-state index in [9.17, 15) is 4.79 Å². The van der Waals surface area contributed by atoms with Crippen molar-refractivity contribution in [1.82, 2.24) is 4.98 Å². The minimum Gasteiger partial charge on any atom is -0.477 e. The molecule has 76 valence electrons. The fourth-order valence-electron chi connectivity index (χ4n) is 1.31. The van der Waals surface area contributed by atoms with Crippen LogP contribution in [0.25, 0.3) is 10.8 Å². The lowest BCUT2D eigenvalue weighted by atomic mass is 10.1. The van der Waals surface area contributed by atoms with E-state index in [1.165, 1.54) is 6.07 Å². The molecular formula is C10H5BrClNO2. The molecule has 15 heavy (non-hydrogen) atoms.